The summed E-state index contributed by atoms with van der Waals surface area (Å²) in [5.74, 6) is -0.748. The Labute approximate surface area is 146 Å². The fraction of sp³-hybridized carbons (Fsp3) is 0.471. The number of rotatable bonds is 7. The molecule has 1 fully saturated rings. The van der Waals surface area contributed by atoms with Crippen molar-refractivity contribution in [2.24, 2.45) is 5.92 Å². The van der Waals surface area contributed by atoms with Gasteiger partial charge >= 0.3 is 5.97 Å². The molecule has 1 heterocycles. The van der Waals surface area contributed by atoms with Gasteiger partial charge in [0, 0.05) is 11.2 Å². The average molecular weight is 367 g/mol. The fourth-order valence-corrected chi connectivity index (χ4v) is 5.70. The number of carbonyl (C=O) groups is 1. The number of esters is 1. The van der Waals surface area contributed by atoms with Gasteiger partial charge in [-0.1, -0.05) is 31.0 Å². The van der Waals surface area contributed by atoms with E-state index < -0.39 is 21.7 Å². The van der Waals surface area contributed by atoms with E-state index in [1.165, 1.54) is 22.8 Å². The second-order valence-electron chi connectivity index (χ2n) is 6.16. The third-order valence-electron chi connectivity index (χ3n) is 4.35. The van der Waals surface area contributed by atoms with Crippen molar-refractivity contribution in [3.63, 3.8) is 0 Å². The molecule has 1 aromatic heterocycles. The molecule has 7 heteroatoms. The van der Waals surface area contributed by atoms with Crippen LogP contribution in [0.15, 0.2) is 24.3 Å². The summed E-state index contributed by atoms with van der Waals surface area (Å²) in [4.78, 5) is 11.5. The van der Waals surface area contributed by atoms with Gasteiger partial charge in [0.05, 0.1) is 7.11 Å². The number of methoxy groups -OCH3 is 1. The van der Waals surface area contributed by atoms with Crippen molar-refractivity contribution >= 4 is 42.4 Å². The van der Waals surface area contributed by atoms with Gasteiger partial charge in [0.25, 0.3) is 0 Å². The highest BCUT2D eigenvalue weighted by atomic mass is 32.2. The number of aryl methyl sites for hydroxylation is 1. The van der Waals surface area contributed by atoms with Crippen LogP contribution in [0.4, 0.5) is 5.00 Å². The molecule has 1 saturated carbocycles. The largest absolute Gasteiger partial charge is 0.468 e. The highest BCUT2D eigenvalue weighted by Crippen LogP contribution is 2.40. The average Bonchev–Trinajstić information content (AvgIpc) is 3.31. The van der Waals surface area contributed by atoms with E-state index in [1.54, 1.807) is 0 Å². The van der Waals surface area contributed by atoms with Crippen LogP contribution in [-0.4, -0.2) is 33.8 Å². The van der Waals surface area contributed by atoms with Crippen LogP contribution >= 0.6 is 11.3 Å². The molecule has 0 saturated heterocycles. The molecule has 0 amide bonds. The first-order valence-electron chi connectivity index (χ1n) is 7.97. The minimum Gasteiger partial charge on any atom is -0.468 e. The highest BCUT2D eigenvalue weighted by molar-refractivity contribution is 7.93. The van der Waals surface area contributed by atoms with Crippen molar-refractivity contribution < 1.29 is 17.9 Å². The number of ether oxygens (including phenoxy) is 1. The summed E-state index contributed by atoms with van der Waals surface area (Å²) >= 11 is 1.46. The molecule has 1 aliphatic carbocycles. The normalized spacial score (nSPS) is 14.8. The SMILES string of the molecule is COC(=O)CS(=O)(=O)N(CCC1CC1)c1sc2ccccc2c1C. The van der Waals surface area contributed by atoms with E-state index in [0.717, 1.165) is 34.9 Å². The summed E-state index contributed by atoms with van der Waals surface area (Å²) in [5, 5.41) is 1.77. The number of anilines is 1. The van der Waals surface area contributed by atoms with Crippen LogP contribution < -0.4 is 4.31 Å². The maximum absolute atomic E-state index is 12.8. The summed E-state index contributed by atoms with van der Waals surface area (Å²) in [7, 11) is -2.55. The summed E-state index contributed by atoms with van der Waals surface area (Å²) in [6.07, 6.45) is 3.15. The Balaban J connectivity index is 1.99. The van der Waals surface area contributed by atoms with E-state index in [0.29, 0.717) is 17.5 Å². The smallest absolute Gasteiger partial charge is 0.322 e. The van der Waals surface area contributed by atoms with Crippen molar-refractivity contribution in [3.8, 4) is 0 Å². The first-order chi connectivity index (χ1) is 11.4. The third-order valence-corrected chi connectivity index (χ3v) is 7.39. The van der Waals surface area contributed by atoms with E-state index in [4.69, 9.17) is 0 Å². The van der Waals surface area contributed by atoms with Crippen molar-refractivity contribution in [2.75, 3.05) is 23.7 Å². The lowest BCUT2D eigenvalue weighted by molar-refractivity contribution is -0.137. The lowest BCUT2D eigenvalue weighted by atomic mass is 10.2. The van der Waals surface area contributed by atoms with Crippen LogP contribution in [0.3, 0.4) is 0 Å². The predicted octanol–water partition coefficient (Wildman–Crippen LogP) is 3.32. The quantitative estimate of drug-likeness (QED) is 0.704. The molecule has 0 bridgehead atoms. The zero-order valence-corrected chi connectivity index (χ0v) is 15.5. The first-order valence-corrected chi connectivity index (χ1v) is 10.4. The summed E-state index contributed by atoms with van der Waals surface area (Å²) in [6, 6.07) is 7.88. The van der Waals surface area contributed by atoms with Crippen molar-refractivity contribution in [3.05, 3.63) is 29.8 Å². The number of hydrogen-bond acceptors (Lipinski definition) is 5. The highest BCUT2D eigenvalue weighted by Gasteiger charge is 2.31. The molecule has 0 N–H and O–H groups in total. The van der Waals surface area contributed by atoms with Crippen molar-refractivity contribution in [2.45, 2.75) is 26.2 Å². The van der Waals surface area contributed by atoms with Gasteiger partial charge in [-0.05, 0) is 36.3 Å². The van der Waals surface area contributed by atoms with Gasteiger partial charge in [-0.15, -0.1) is 11.3 Å². The van der Waals surface area contributed by atoms with E-state index in [-0.39, 0.29) is 0 Å². The molecule has 0 radical (unpaired) electrons. The summed E-state index contributed by atoms with van der Waals surface area (Å²) < 4.78 is 32.6. The topological polar surface area (TPSA) is 63.7 Å². The van der Waals surface area contributed by atoms with Crippen molar-refractivity contribution in [1.82, 2.24) is 0 Å². The number of nitrogens with zero attached hydrogens (tertiary/aromatic N) is 1. The Bertz CT molecular complexity index is 853. The monoisotopic (exact) mass is 367 g/mol. The molecular formula is C17H21NO4S2. The summed E-state index contributed by atoms with van der Waals surface area (Å²) in [5.41, 5.74) is 0.944. The molecule has 0 unspecified atom stereocenters. The van der Waals surface area contributed by atoms with Gasteiger partial charge in [0.15, 0.2) is 5.75 Å². The fourth-order valence-electron chi connectivity index (χ4n) is 2.76. The maximum Gasteiger partial charge on any atom is 0.322 e. The Kier molecular flexibility index (Phi) is 4.83. The summed E-state index contributed by atoms with van der Waals surface area (Å²) in [6.45, 7) is 2.35. The number of benzene rings is 1. The molecule has 5 nitrogen and oxygen atoms in total. The minimum absolute atomic E-state index is 0.414. The van der Waals surface area contributed by atoms with E-state index in [1.807, 2.05) is 31.2 Å². The Morgan fingerprint density at radius 2 is 2.04 bits per heavy atom. The number of hydrogen-bond donors (Lipinski definition) is 0. The molecule has 0 aliphatic heterocycles. The molecule has 24 heavy (non-hydrogen) atoms. The lowest BCUT2D eigenvalue weighted by Crippen LogP contribution is -2.36. The van der Waals surface area contributed by atoms with Gasteiger partial charge < -0.3 is 4.74 Å². The predicted molar refractivity (Wildman–Crippen MR) is 97.1 cm³/mol. The van der Waals surface area contributed by atoms with Crippen LogP contribution in [-0.2, 0) is 19.6 Å². The number of fused-ring (bicyclic) bond motifs is 1. The van der Waals surface area contributed by atoms with E-state index >= 15 is 0 Å². The number of carbonyl (C=O) groups excluding carboxylic acids is 1. The molecule has 1 aromatic carbocycles. The Morgan fingerprint density at radius 1 is 1.33 bits per heavy atom. The van der Waals surface area contributed by atoms with Gasteiger partial charge in [0.1, 0.15) is 5.00 Å². The molecule has 1 aliphatic rings. The Morgan fingerprint density at radius 3 is 2.67 bits per heavy atom. The van der Waals surface area contributed by atoms with Crippen LogP contribution in [0.2, 0.25) is 0 Å². The number of sulfonamides is 1. The number of thiophene rings is 1. The molecule has 0 spiro atoms. The zero-order valence-electron chi connectivity index (χ0n) is 13.8. The molecule has 130 valence electrons. The molecule has 0 atom stereocenters. The van der Waals surface area contributed by atoms with Crippen LogP contribution in [0, 0.1) is 12.8 Å². The van der Waals surface area contributed by atoms with Gasteiger partial charge in [0.2, 0.25) is 10.0 Å². The van der Waals surface area contributed by atoms with Gasteiger partial charge in [-0.25, -0.2) is 8.42 Å². The minimum atomic E-state index is -3.76. The van der Waals surface area contributed by atoms with Crippen LogP contribution in [0.1, 0.15) is 24.8 Å². The van der Waals surface area contributed by atoms with Gasteiger partial charge in [-0.2, -0.15) is 0 Å². The second-order valence-corrected chi connectivity index (χ2v) is 9.09. The maximum atomic E-state index is 12.8. The second kappa shape index (κ2) is 6.72. The first kappa shape index (κ1) is 17.2. The molecular weight excluding hydrogens is 346 g/mol. The van der Waals surface area contributed by atoms with E-state index in [9.17, 15) is 13.2 Å². The van der Waals surface area contributed by atoms with Crippen LogP contribution in [0.5, 0.6) is 0 Å². The van der Waals surface area contributed by atoms with E-state index in [2.05, 4.69) is 4.74 Å². The standard InChI is InChI=1S/C17H21NO4S2/c1-12-14-5-3-4-6-15(14)23-17(12)18(10-9-13-7-8-13)24(20,21)11-16(19)22-2/h3-6,13H,7-11H2,1-2H3. The van der Waals surface area contributed by atoms with Gasteiger partial charge in [-0.3, -0.25) is 9.10 Å². The molecule has 2 aromatic rings. The zero-order chi connectivity index (χ0) is 17.3. The Hall–Kier alpha value is -1.60. The van der Waals surface area contributed by atoms with Crippen molar-refractivity contribution in [1.29, 1.82) is 0 Å². The molecule has 3 rings (SSSR count). The lowest BCUT2D eigenvalue weighted by Gasteiger charge is -2.23. The third kappa shape index (κ3) is 3.57. The van der Waals surface area contributed by atoms with Crippen LogP contribution in [0.25, 0.3) is 10.1 Å².